The molecule has 1 saturated heterocycles. The molecule has 1 aromatic rings. The third kappa shape index (κ3) is 2.56. The number of carbonyl (C=O) groups is 2. The van der Waals surface area contributed by atoms with E-state index >= 15 is 0 Å². The summed E-state index contributed by atoms with van der Waals surface area (Å²) in [5.41, 5.74) is 1.20. The number of thioether (sulfide) groups is 1. The topological polar surface area (TPSA) is 65.0 Å². The zero-order valence-electron chi connectivity index (χ0n) is 12.5. The molecule has 1 aromatic carbocycles. The van der Waals surface area contributed by atoms with Gasteiger partial charge in [-0.1, -0.05) is 42.1 Å². The minimum absolute atomic E-state index is 0.269. The average molecular weight is 318 g/mol. The Morgan fingerprint density at radius 1 is 1.27 bits per heavy atom. The third-order valence-corrected chi connectivity index (χ3v) is 4.95. The predicted molar refractivity (Wildman–Crippen MR) is 86.4 cm³/mol. The molecule has 0 saturated carbocycles. The zero-order chi connectivity index (χ0) is 15.7. The van der Waals surface area contributed by atoms with Crippen molar-refractivity contribution in [2.45, 2.75) is 24.9 Å². The predicted octanol–water partition coefficient (Wildman–Crippen LogP) is 1.49. The lowest BCUT2D eigenvalue weighted by Gasteiger charge is -2.35. The van der Waals surface area contributed by atoms with Gasteiger partial charge in [0.2, 0.25) is 0 Å². The third-order valence-electron chi connectivity index (χ3n) is 3.87. The fourth-order valence-electron chi connectivity index (χ4n) is 2.68. The monoisotopic (exact) mass is 318 g/mol. The second-order valence-electron chi connectivity index (χ2n) is 5.24. The molecule has 116 valence electrons. The molecular weight excluding hydrogens is 300 g/mol. The average Bonchev–Trinajstić information content (AvgIpc) is 2.91. The molecule has 2 unspecified atom stereocenters. The van der Waals surface area contributed by atoms with Crippen molar-refractivity contribution >= 4 is 28.9 Å². The van der Waals surface area contributed by atoms with E-state index in [1.807, 2.05) is 30.0 Å². The Kier molecular flexibility index (Phi) is 4.06. The number of amidine groups is 1. The first-order chi connectivity index (χ1) is 10.6. The summed E-state index contributed by atoms with van der Waals surface area (Å²) >= 11 is 1.60. The van der Waals surface area contributed by atoms with E-state index in [9.17, 15) is 9.59 Å². The summed E-state index contributed by atoms with van der Waals surface area (Å²) in [5, 5.41) is 3.20. The number of carbonyl (C=O) groups excluding carboxylic acids is 2. The number of hydrogen-bond acceptors (Lipinski definition) is 5. The first-order valence-electron chi connectivity index (χ1n) is 7.20. The first kappa shape index (κ1) is 14.9. The molecule has 7 heteroatoms. The minimum Gasteiger partial charge on any atom is -0.336 e. The van der Waals surface area contributed by atoms with E-state index in [1.165, 1.54) is 10.5 Å². The SMILES string of the molecule is CCN1C(SCc2ccccc2)=NC2C1C(=O)NC(=O)N2C. The van der Waals surface area contributed by atoms with Gasteiger partial charge in [-0.05, 0) is 12.5 Å². The molecule has 0 bridgehead atoms. The summed E-state index contributed by atoms with van der Waals surface area (Å²) in [4.78, 5) is 31.9. The molecular formula is C15H18N4O2S. The van der Waals surface area contributed by atoms with Crippen molar-refractivity contribution in [3.8, 4) is 0 Å². The van der Waals surface area contributed by atoms with Crippen LogP contribution in [-0.4, -0.2) is 52.7 Å². The number of rotatable bonds is 3. The molecule has 6 nitrogen and oxygen atoms in total. The lowest BCUT2D eigenvalue weighted by atomic mass is 10.1. The van der Waals surface area contributed by atoms with Gasteiger partial charge in [-0.15, -0.1) is 0 Å². The Hall–Kier alpha value is -2.02. The number of fused-ring (bicyclic) bond motifs is 1. The van der Waals surface area contributed by atoms with Crippen molar-refractivity contribution in [2.24, 2.45) is 4.99 Å². The number of likely N-dealkylation sites (N-methyl/N-ethyl adjacent to an activating group) is 2. The van der Waals surface area contributed by atoms with Gasteiger partial charge in [0, 0.05) is 19.3 Å². The second kappa shape index (κ2) is 6.00. The lowest BCUT2D eigenvalue weighted by molar-refractivity contribution is -0.127. The lowest BCUT2D eigenvalue weighted by Crippen LogP contribution is -2.63. The quantitative estimate of drug-likeness (QED) is 0.917. The number of benzene rings is 1. The van der Waals surface area contributed by atoms with Crippen molar-refractivity contribution in [1.29, 1.82) is 0 Å². The van der Waals surface area contributed by atoms with Crippen LogP contribution in [0.5, 0.6) is 0 Å². The summed E-state index contributed by atoms with van der Waals surface area (Å²) in [5.74, 6) is 0.517. The number of aliphatic imine (C=N–C) groups is 1. The van der Waals surface area contributed by atoms with Gasteiger partial charge in [0.1, 0.15) is 0 Å². The van der Waals surface area contributed by atoms with Crippen molar-refractivity contribution in [1.82, 2.24) is 15.1 Å². The number of urea groups is 1. The Balaban J connectivity index is 1.78. The maximum atomic E-state index is 12.1. The van der Waals surface area contributed by atoms with Crippen molar-refractivity contribution in [3.05, 3.63) is 35.9 Å². The van der Waals surface area contributed by atoms with E-state index in [4.69, 9.17) is 0 Å². The highest BCUT2D eigenvalue weighted by atomic mass is 32.2. The summed E-state index contributed by atoms with van der Waals surface area (Å²) in [7, 11) is 1.67. The van der Waals surface area contributed by atoms with Crippen LogP contribution in [0, 0.1) is 0 Å². The minimum atomic E-state index is -0.431. The van der Waals surface area contributed by atoms with Gasteiger partial charge in [0.05, 0.1) is 0 Å². The van der Waals surface area contributed by atoms with Gasteiger partial charge < -0.3 is 9.80 Å². The normalized spacial score (nSPS) is 24.2. The van der Waals surface area contributed by atoms with Gasteiger partial charge in [-0.3, -0.25) is 10.1 Å². The smallest absolute Gasteiger partial charge is 0.325 e. The maximum Gasteiger partial charge on any atom is 0.325 e. The van der Waals surface area contributed by atoms with Crippen LogP contribution in [0.15, 0.2) is 35.3 Å². The van der Waals surface area contributed by atoms with Crippen molar-refractivity contribution < 1.29 is 9.59 Å². The second-order valence-corrected chi connectivity index (χ2v) is 6.18. The molecule has 2 aliphatic rings. The van der Waals surface area contributed by atoms with E-state index in [1.54, 1.807) is 18.8 Å². The highest BCUT2D eigenvalue weighted by molar-refractivity contribution is 8.13. The van der Waals surface area contributed by atoms with Crippen LogP contribution in [0.2, 0.25) is 0 Å². The van der Waals surface area contributed by atoms with Crippen molar-refractivity contribution in [3.63, 3.8) is 0 Å². The number of nitrogens with zero attached hydrogens (tertiary/aromatic N) is 3. The van der Waals surface area contributed by atoms with Gasteiger partial charge in [-0.25, -0.2) is 9.79 Å². The molecule has 0 aliphatic carbocycles. The van der Waals surface area contributed by atoms with Gasteiger partial charge in [-0.2, -0.15) is 0 Å². The molecule has 3 amide bonds. The summed E-state index contributed by atoms with van der Waals surface area (Å²) < 4.78 is 0. The van der Waals surface area contributed by atoms with Gasteiger partial charge in [0.25, 0.3) is 5.91 Å². The van der Waals surface area contributed by atoms with E-state index < -0.39 is 12.2 Å². The van der Waals surface area contributed by atoms with E-state index in [-0.39, 0.29) is 11.9 Å². The maximum absolute atomic E-state index is 12.1. The van der Waals surface area contributed by atoms with Crippen LogP contribution in [0.4, 0.5) is 4.79 Å². The zero-order valence-corrected chi connectivity index (χ0v) is 13.3. The van der Waals surface area contributed by atoms with E-state index in [0.717, 1.165) is 10.9 Å². The fraction of sp³-hybridized carbons (Fsp3) is 0.400. The van der Waals surface area contributed by atoms with Crippen LogP contribution >= 0.6 is 11.8 Å². The first-order valence-corrected chi connectivity index (χ1v) is 8.19. The molecule has 3 rings (SSSR count). The molecule has 2 atom stereocenters. The van der Waals surface area contributed by atoms with Crippen molar-refractivity contribution in [2.75, 3.05) is 13.6 Å². The largest absolute Gasteiger partial charge is 0.336 e. The van der Waals surface area contributed by atoms with Gasteiger partial charge >= 0.3 is 6.03 Å². The molecule has 0 spiro atoms. The van der Waals surface area contributed by atoms with Gasteiger partial charge in [0.15, 0.2) is 17.4 Å². The number of imide groups is 1. The summed E-state index contributed by atoms with van der Waals surface area (Å²) in [6.07, 6.45) is -0.431. The van der Waals surface area contributed by atoms with E-state index in [2.05, 4.69) is 22.4 Å². The van der Waals surface area contributed by atoms with Crippen LogP contribution in [0.1, 0.15) is 12.5 Å². The number of hydrogen-bond donors (Lipinski definition) is 1. The van der Waals surface area contributed by atoms with Crippen LogP contribution in [0.3, 0.4) is 0 Å². The number of amides is 3. The highest BCUT2D eigenvalue weighted by Crippen LogP contribution is 2.29. The Morgan fingerprint density at radius 3 is 2.68 bits per heavy atom. The Morgan fingerprint density at radius 2 is 2.00 bits per heavy atom. The molecule has 2 heterocycles. The Labute approximate surface area is 133 Å². The molecule has 1 fully saturated rings. The summed E-state index contributed by atoms with van der Waals surface area (Å²) in [6.45, 7) is 2.67. The Bertz CT molecular complexity index is 619. The van der Waals surface area contributed by atoms with E-state index in [0.29, 0.717) is 6.54 Å². The molecule has 0 aromatic heterocycles. The highest BCUT2D eigenvalue weighted by Gasteiger charge is 2.47. The van der Waals surface area contributed by atoms with Crippen LogP contribution in [-0.2, 0) is 10.5 Å². The molecule has 22 heavy (non-hydrogen) atoms. The molecule has 0 radical (unpaired) electrons. The molecule has 2 aliphatic heterocycles. The number of nitrogens with one attached hydrogen (secondary N) is 1. The summed E-state index contributed by atoms with van der Waals surface area (Å²) in [6, 6.07) is 9.31. The fourth-order valence-corrected chi connectivity index (χ4v) is 3.75. The van der Waals surface area contributed by atoms with Crippen LogP contribution in [0.25, 0.3) is 0 Å². The molecule has 1 N–H and O–H groups in total. The van der Waals surface area contributed by atoms with Crippen LogP contribution < -0.4 is 5.32 Å². The standard InChI is InChI=1S/C15H18N4O2S/c1-3-19-11-12(18(2)14(21)17-13(11)20)16-15(19)22-9-10-7-5-4-6-8-10/h4-8,11-12H,3,9H2,1-2H3,(H,17,20,21).